The lowest BCUT2D eigenvalue weighted by Gasteiger charge is -2.55. The number of amides is 2. The summed E-state index contributed by atoms with van der Waals surface area (Å²) in [5, 5.41) is 5.59. The van der Waals surface area contributed by atoms with Crippen LogP contribution in [-0.2, 0) is 19.2 Å². The van der Waals surface area contributed by atoms with Crippen molar-refractivity contribution in [3.63, 3.8) is 0 Å². The first-order valence-corrected chi connectivity index (χ1v) is 14.1. The summed E-state index contributed by atoms with van der Waals surface area (Å²) in [5.41, 5.74) is -0.0135. The number of hydrogen-bond donors (Lipinski definition) is 2. The molecule has 8 saturated carbocycles. The third-order valence-electron chi connectivity index (χ3n) is 10.8. The summed E-state index contributed by atoms with van der Waals surface area (Å²) in [4.78, 5) is 52.7. The maximum absolute atomic E-state index is 13.3. The number of nitrogens with one attached hydrogen (secondary N) is 2. The Labute approximate surface area is 212 Å². The molecule has 1 aromatic carbocycles. The lowest BCUT2D eigenvalue weighted by atomic mass is 9.48. The molecular formula is C30H36N2O4. The van der Waals surface area contributed by atoms with E-state index in [2.05, 4.69) is 10.6 Å². The van der Waals surface area contributed by atoms with Crippen LogP contribution < -0.4 is 10.6 Å². The molecule has 0 radical (unpaired) electrons. The Morgan fingerprint density at radius 2 is 0.861 bits per heavy atom. The van der Waals surface area contributed by atoms with Crippen molar-refractivity contribution < 1.29 is 19.2 Å². The first-order chi connectivity index (χ1) is 17.3. The highest BCUT2D eigenvalue weighted by atomic mass is 16.2. The van der Waals surface area contributed by atoms with Crippen molar-refractivity contribution in [2.75, 3.05) is 10.6 Å². The van der Waals surface area contributed by atoms with Crippen LogP contribution in [0.25, 0.3) is 0 Å². The van der Waals surface area contributed by atoms with Crippen molar-refractivity contribution >= 4 is 34.8 Å². The molecule has 6 heteroatoms. The van der Waals surface area contributed by atoms with E-state index in [-0.39, 0.29) is 11.6 Å². The standard InChI is InChI=1S/C30H36N2O4/c33-25(29-11-17-4-18(12-29)6-19(5-17)13-29)27(35)31-23-2-1-3-24(10-23)32-28(36)26(34)30-14-20-7-21(15-30)9-22(8-20)16-30/h1-3,10,17-22H,4-9,11-16H2,(H,31,35)(H,32,36). The van der Waals surface area contributed by atoms with Crippen LogP contribution in [0.1, 0.15) is 77.0 Å². The summed E-state index contributed by atoms with van der Waals surface area (Å²) >= 11 is 0. The molecule has 8 aliphatic carbocycles. The molecule has 8 aliphatic rings. The number of Topliss-reactive ketones (excluding diaryl/α,β-unsaturated/α-hetero) is 2. The molecule has 8 fully saturated rings. The second-order valence-electron chi connectivity index (χ2n) is 13.5. The van der Waals surface area contributed by atoms with Gasteiger partial charge in [-0.25, -0.2) is 0 Å². The number of hydrogen-bond acceptors (Lipinski definition) is 4. The van der Waals surface area contributed by atoms with Crippen LogP contribution in [0.15, 0.2) is 24.3 Å². The van der Waals surface area contributed by atoms with Gasteiger partial charge in [0.15, 0.2) is 0 Å². The zero-order valence-electron chi connectivity index (χ0n) is 20.9. The minimum Gasteiger partial charge on any atom is -0.319 e. The van der Waals surface area contributed by atoms with Gasteiger partial charge in [-0.15, -0.1) is 0 Å². The summed E-state index contributed by atoms with van der Waals surface area (Å²) in [5.74, 6) is 1.93. The Morgan fingerprint density at radius 3 is 1.17 bits per heavy atom. The third-order valence-corrected chi connectivity index (χ3v) is 10.8. The number of ketones is 2. The molecule has 0 aromatic heterocycles. The van der Waals surface area contributed by atoms with Crippen molar-refractivity contribution in [2.24, 2.45) is 46.3 Å². The molecule has 2 amide bonds. The fraction of sp³-hybridized carbons (Fsp3) is 0.667. The number of rotatable bonds is 6. The Bertz CT molecular complexity index is 998. The predicted molar refractivity (Wildman–Crippen MR) is 135 cm³/mol. The van der Waals surface area contributed by atoms with Crippen LogP contribution in [0.5, 0.6) is 0 Å². The predicted octanol–water partition coefficient (Wildman–Crippen LogP) is 5.13. The quantitative estimate of drug-likeness (QED) is 0.543. The summed E-state index contributed by atoms with van der Waals surface area (Å²) in [6, 6.07) is 6.83. The summed E-state index contributed by atoms with van der Waals surface area (Å²) in [6.07, 6.45) is 12.5. The first-order valence-electron chi connectivity index (χ1n) is 14.1. The normalized spacial score (nSPS) is 41.2. The van der Waals surface area contributed by atoms with Crippen molar-refractivity contribution in [3.05, 3.63) is 24.3 Å². The van der Waals surface area contributed by atoms with Crippen molar-refractivity contribution in [1.82, 2.24) is 0 Å². The molecular weight excluding hydrogens is 452 g/mol. The minimum atomic E-state index is -0.551. The molecule has 2 N–H and O–H groups in total. The number of carbonyl (C=O) groups is 4. The maximum atomic E-state index is 13.3. The number of carbonyl (C=O) groups excluding carboxylic acids is 4. The average molecular weight is 489 g/mol. The highest BCUT2D eigenvalue weighted by molar-refractivity contribution is 6.43. The third kappa shape index (κ3) is 3.66. The van der Waals surface area contributed by atoms with Gasteiger partial charge in [0.2, 0.25) is 11.6 Å². The topological polar surface area (TPSA) is 92.3 Å². The minimum absolute atomic E-state index is 0.270. The molecule has 0 saturated heterocycles. The Kier molecular flexibility index (Phi) is 5.04. The molecule has 8 bridgehead atoms. The monoisotopic (exact) mass is 488 g/mol. The van der Waals surface area contributed by atoms with Gasteiger partial charge >= 0.3 is 0 Å². The van der Waals surface area contributed by atoms with Crippen LogP contribution in [0.2, 0.25) is 0 Å². The maximum Gasteiger partial charge on any atom is 0.292 e. The average Bonchev–Trinajstić information content (AvgIpc) is 2.81. The van der Waals surface area contributed by atoms with Crippen LogP contribution in [0, 0.1) is 46.3 Å². The van der Waals surface area contributed by atoms with E-state index < -0.39 is 22.6 Å². The van der Waals surface area contributed by atoms with Gasteiger partial charge in [-0.2, -0.15) is 0 Å². The molecule has 1 aromatic rings. The highest BCUT2D eigenvalue weighted by Gasteiger charge is 2.57. The molecule has 0 heterocycles. The Balaban J connectivity index is 1.02. The van der Waals surface area contributed by atoms with Crippen LogP contribution in [-0.4, -0.2) is 23.4 Å². The van der Waals surface area contributed by atoms with E-state index in [0.29, 0.717) is 46.9 Å². The van der Waals surface area contributed by atoms with Crippen molar-refractivity contribution in [1.29, 1.82) is 0 Å². The molecule has 9 rings (SSSR count). The van der Waals surface area contributed by atoms with Gasteiger partial charge < -0.3 is 10.6 Å². The van der Waals surface area contributed by atoms with E-state index in [1.807, 2.05) is 0 Å². The van der Waals surface area contributed by atoms with Gasteiger partial charge in [-0.05, 0) is 131 Å². The summed E-state index contributed by atoms with van der Waals surface area (Å²) < 4.78 is 0. The zero-order chi connectivity index (χ0) is 24.7. The molecule has 0 atom stereocenters. The lowest BCUT2D eigenvalue weighted by Crippen LogP contribution is -2.52. The smallest absolute Gasteiger partial charge is 0.292 e. The first kappa shape index (κ1) is 22.7. The van der Waals surface area contributed by atoms with Gasteiger partial charge in [-0.1, -0.05) is 6.07 Å². The molecule has 6 nitrogen and oxygen atoms in total. The van der Waals surface area contributed by atoms with Crippen molar-refractivity contribution in [2.45, 2.75) is 77.0 Å². The van der Waals surface area contributed by atoms with E-state index in [1.165, 1.54) is 38.5 Å². The van der Waals surface area contributed by atoms with Gasteiger partial charge in [0.1, 0.15) is 0 Å². The number of benzene rings is 1. The van der Waals surface area contributed by atoms with Gasteiger partial charge in [0, 0.05) is 22.2 Å². The summed E-state index contributed by atoms with van der Waals surface area (Å²) in [6.45, 7) is 0. The molecule has 0 unspecified atom stereocenters. The fourth-order valence-electron chi connectivity index (χ4n) is 10.3. The molecule has 190 valence electrons. The van der Waals surface area contributed by atoms with E-state index in [4.69, 9.17) is 0 Å². The lowest BCUT2D eigenvalue weighted by molar-refractivity contribution is -0.151. The van der Waals surface area contributed by atoms with E-state index in [1.54, 1.807) is 24.3 Å². The second-order valence-corrected chi connectivity index (χ2v) is 13.5. The Morgan fingerprint density at radius 1 is 0.556 bits per heavy atom. The highest BCUT2D eigenvalue weighted by Crippen LogP contribution is 2.61. The Hall–Kier alpha value is -2.50. The molecule has 0 spiro atoms. The van der Waals surface area contributed by atoms with Gasteiger partial charge in [-0.3, -0.25) is 19.2 Å². The van der Waals surface area contributed by atoms with Gasteiger partial charge in [0.05, 0.1) is 0 Å². The van der Waals surface area contributed by atoms with E-state index in [0.717, 1.165) is 38.5 Å². The molecule has 0 aliphatic heterocycles. The number of anilines is 2. The van der Waals surface area contributed by atoms with Gasteiger partial charge in [0.25, 0.3) is 11.8 Å². The van der Waals surface area contributed by atoms with Crippen LogP contribution >= 0.6 is 0 Å². The largest absolute Gasteiger partial charge is 0.319 e. The zero-order valence-corrected chi connectivity index (χ0v) is 20.9. The van der Waals surface area contributed by atoms with Crippen molar-refractivity contribution in [3.8, 4) is 0 Å². The summed E-state index contributed by atoms with van der Waals surface area (Å²) in [7, 11) is 0. The van der Waals surface area contributed by atoms with E-state index in [9.17, 15) is 19.2 Å². The molecule has 36 heavy (non-hydrogen) atoms. The second kappa shape index (κ2) is 8.00. The van der Waals surface area contributed by atoms with Crippen LogP contribution in [0.4, 0.5) is 11.4 Å². The van der Waals surface area contributed by atoms with Crippen LogP contribution in [0.3, 0.4) is 0 Å². The SMILES string of the molecule is O=C(Nc1cccc(NC(=O)C(=O)C23CC4CC(CC(C4)C2)C3)c1)C(=O)C12CC3CC(CC(C3)C1)C2. The fourth-order valence-corrected chi connectivity index (χ4v) is 10.3. The van der Waals surface area contributed by atoms with E-state index >= 15 is 0 Å².